The first-order chi connectivity index (χ1) is 8.49. The predicted molar refractivity (Wildman–Crippen MR) is 65.5 cm³/mol. The highest BCUT2D eigenvalue weighted by Gasteiger charge is 2.37. The van der Waals surface area contributed by atoms with Gasteiger partial charge in [-0.25, -0.2) is 0 Å². The maximum absolute atomic E-state index is 11.1. The van der Waals surface area contributed by atoms with E-state index in [9.17, 15) is 15.0 Å². The molecule has 2 atom stereocenters. The summed E-state index contributed by atoms with van der Waals surface area (Å²) < 4.78 is 0. The van der Waals surface area contributed by atoms with E-state index in [-0.39, 0.29) is 23.5 Å². The van der Waals surface area contributed by atoms with E-state index in [4.69, 9.17) is 5.11 Å². The van der Waals surface area contributed by atoms with Crippen molar-refractivity contribution in [3.63, 3.8) is 0 Å². The molecule has 0 spiro atoms. The van der Waals surface area contributed by atoms with Crippen molar-refractivity contribution in [2.24, 2.45) is 5.92 Å². The van der Waals surface area contributed by atoms with Crippen molar-refractivity contribution in [1.29, 1.82) is 0 Å². The Morgan fingerprint density at radius 3 is 2.56 bits per heavy atom. The largest absolute Gasteiger partial charge is 0.508 e. The molecule has 1 aliphatic carbocycles. The smallest absolute Gasteiger partial charge is 0.320 e. The summed E-state index contributed by atoms with van der Waals surface area (Å²) in [5.41, 5.74) is 0.583. The lowest BCUT2D eigenvalue weighted by Crippen LogP contribution is -2.40. The summed E-state index contributed by atoms with van der Waals surface area (Å²) >= 11 is 0. The Labute approximate surface area is 105 Å². The van der Waals surface area contributed by atoms with Gasteiger partial charge in [-0.05, 0) is 31.7 Å². The van der Waals surface area contributed by atoms with Crippen LogP contribution in [0.15, 0.2) is 18.2 Å². The lowest BCUT2D eigenvalue weighted by atomic mass is 10.0. The quantitative estimate of drug-likeness (QED) is 0.638. The lowest BCUT2D eigenvalue weighted by molar-refractivity contribution is -0.140. The second-order valence-corrected chi connectivity index (χ2v) is 4.78. The van der Waals surface area contributed by atoms with Gasteiger partial charge < -0.3 is 15.3 Å². The van der Waals surface area contributed by atoms with Crippen molar-refractivity contribution in [2.45, 2.75) is 31.8 Å². The van der Waals surface area contributed by atoms with Crippen LogP contribution in [0.2, 0.25) is 0 Å². The molecule has 5 nitrogen and oxygen atoms in total. The average molecular weight is 251 g/mol. The van der Waals surface area contributed by atoms with Crippen LogP contribution < -0.4 is 5.32 Å². The van der Waals surface area contributed by atoms with Gasteiger partial charge in [0.15, 0.2) is 0 Å². The van der Waals surface area contributed by atoms with Crippen molar-refractivity contribution in [1.82, 2.24) is 5.32 Å². The van der Waals surface area contributed by atoms with Crippen molar-refractivity contribution in [3.8, 4) is 11.5 Å². The van der Waals surface area contributed by atoms with Gasteiger partial charge in [0.2, 0.25) is 0 Å². The summed E-state index contributed by atoms with van der Waals surface area (Å²) in [6, 6.07) is 3.45. The first-order valence-corrected chi connectivity index (χ1v) is 5.99. The van der Waals surface area contributed by atoms with E-state index in [2.05, 4.69) is 5.32 Å². The van der Waals surface area contributed by atoms with Crippen LogP contribution in [0.5, 0.6) is 11.5 Å². The number of aromatic hydroxyl groups is 2. The summed E-state index contributed by atoms with van der Waals surface area (Å²) in [6.07, 6.45) is 1.86. The van der Waals surface area contributed by atoms with E-state index in [0.29, 0.717) is 5.56 Å². The van der Waals surface area contributed by atoms with E-state index >= 15 is 0 Å². The van der Waals surface area contributed by atoms with Crippen LogP contribution in [0.3, 0.4) is 0 Å². The summed E-state index contributed by atoms with van der Waals surface area (Å²) in [6.45, 7) is 1.80. The molecule has 0 amide bonds. The number of aliphatic carboxylic acids is 1. The number of hydrogen-bond acceptors (Lipinski definition) is 4. The fourth-order valence-corrected chi connectivity index (χ4v) is 2.10. The Morgan fingerprint density at radius 2 is 2.06 bits per heavy atom. The second-order valence-electron chi connectivity index (χ2n) is 4.78. The van der Waals surface area contributed by atoms with Gasteiger partial charge in [-0.1, -0.05) is 6.07 Å². The zero-order chi connectivity index (χ0) is 13.3. The minimum atomic E-state index is -0.859. The molecule has 0 heterocycles. The molecule has 1 aromatic carbocycles. The first-order valence-electron chi connectivity index (χ1n) is 5.99. The molecule has 5 heteroatoms. The van der Waals surface area contributed by atoms with Gasteiger partial charge >= 0.3 is 5.97 Å². The fourth-order valence-electron chi connectivity index (χ4n) is 2.10. The monoisotopic (exact) mass is 251 g/mol. The zero-order valence-electron chi connectivity index (χ0n) is 10.1. The molecular formula is C13H17NO4. The molecule has 1 saturated carbocycles. The fraction of sp³-hybridized carbons (Fsp3) is 0.462. The third kappa shape index (κ3) is 2.73. The van der Waals surface area contributed by atoms with Gasteiger partial charge in [-0.2, -0.15) is 0 Å². The number of carboxylic acid groups (broad SMARTS) is 1. The van der Waals surface area contributed by atoms with E-state index in [1.165, 1.54) is 12.1 Å². The van der Waals surface area contributed by atoms with Crippen LogP contribution in [0, 0.1) is 5.92 Å². The molecule has 98 valence electrons. The van der Waals surface area contributed by atoms with Crippen LogP contribution in [-0.4, -0.2) is 27.3 Å². The average Bonchev–Trinajstić information content (AvgIpc) is 3.08. The number of nitrogens with one attached hydrogen (secondary N) is 1. The van der Waals surface area contributed by atoms with Gasteiger partial charge in [0.1, 0.15) is 17.5 Å². The van der Waals surface area contributed by atoms with Crippen LogP contribution in [0.25, 0.3) is 0 Å². The topological polar surface area (TPSA) is 89.8 Å². The molecular weight excluding hydrogens is 234 g/mol. The van der Waals surface area contributed by atoms with Crippen LogP contribution in [-0.2, 0) is 4.79 Å². The van der Waals surface area contributed by atoms with Crippen molar-refractivity contribution < 1.29 is 20.1 Å². The van der Waals surface area contributed by atoms with Crippen LogP contribution >= 0.6 is 0 Å². The summed E-state index contributed by atoms with van der Waals surface area (Å²) in [5.74, 6) is -0.720. The molecule has 2 rings (SSSR count). The molecule has 0 bridgehead atoms. The number of carbonyl (C=O) groups is 1. The molecule has 1 fully saturated rings. The van der Waals surface area contributed by atoms with E-state index in [0.717, 1.165) is 12.8 Å². The predicted octanol–water partition coefficient (Wildman–Crippen LogP) is 1.61. The summed E-state index contributed by atoms with van der Waals surface area (Å²) in [4.78, 5) is 11.1. The number of phenolic OH excluding ortho intramolecular Hbond substituents is 2. The van der Waals surface area contributed by atoms with Crippen LogP contribution in [0.1, 0.15) is 31.4 Å². The molecule has 0 aromatic heterocycles. The molecule has 0 radical (unpaired) electrons. The summed E-state index contributed by atoms with van der Waals surface area (Å²) in [5, 5.41) is 31.1. The number of rotatable bonds is 5. The highest BCUT2D eigenvalue weighted by molar-refractivity contribution is 5.74. The number of benzene rings is 1. The van der Waals surface area contributed by atoms with E-state index in [1.54, 1.807) is 13.0 Å². The molecule has 0 saturated heterocycles. The second kappa shape index (κ2) is 4.86. The maximum Gasteiger partial charge on any atom is 0.320 e. The Bertz CT molecular complexity index is 456. The highest BCUT2D eigenvalue weighted by Crippen LogP contribution is 2.35. The third-order valence-corrected chi connectivity index (χ3v) is 3.27. The van der Waals surface area contributed by atoms with E-state index < -0.39 is 12.0 Å². The van der Waals surface area contributed by atoms with Crippen molar-refractivity contribution >= 4 is 5.97 Å². The highest BCUT2D eigenvalue weighted by atomic mass is 16.4. The maximum atomic E-state index is 11.1. The normalized spacial score (nSPS) is 18.3. The Balaban J connectivity index is 2.10. The number of phenols is 2. The molecule has 1 aromatic rings. The minimum Gasteiger partial charge on any atom is -0.508 e. The molecule has 1 aliphatic rings. The van der Waals surface area contributed by atoms with Gasteiger partial charge in [-0.3, -0.25) is 10.1 Å². The molecule has 2 unspecified atom stereocenters. The Morgan fingerprint density at radius 1 is 1.39 bits per heavy atom. The number of hydrogen-bond donors (Lipinski definition) is 4. The molecule has 18 heavy (non-hydrogen) atoms. The lowest BCUT2D eigenvalue weighted by Gasteiger charge is -2.21. The standard InChI is InChI=1S/C13H17NO4/c1-7(10-5-4-9(15)6-11(10)16)14-12(13(17)18)8-2-3-8/h4-8,12,14-16H,2-3H2,1H3,(H,17,18). The van der Waals surface area contributed by atoms with Gasteiger partial charge in [-0.15, -0.1) is 0 Å². The van der Waals surface area contributed by atoms with Crippen molar-refractivity contribution in [2.75, 3.05) is 0 Å². The first kappa shape index (κ1) is 12.7. The minimum absolute atomic E-state index is 0.0135. The van der Waals surface area contributed by atoms with Crippen molar-refractivity contribution in [3.05, 3.63) is 23.8 Å². The zero-order valence-corrected chi connectivity index (χ0v) is 10.1. The Kier molecular flexibility index (Phi) is 3.43. The van der Waals surface area contributed by atoms with E-state index in [1.807, 2.05) is 0 Å². The third-order valence-electron chi connectivity index (χ3n) is 3.27. The summed E-state index contributed by atoms with van der Waals surface area (Å²) in [7, 11) is 0. The van der Waals surface area contributed by atoms with Gasteiger partial charge in [0.25, 0.3) is 0 Å². The Hall–Kier alpha value is -1.75. The van der Waals surface area contributed by atoms with Gasteiger partial charge in [0, 0.05) is 17.7 Å². The van der Waals surface area contributed by atoms with Crippen LogP contribution in [0.4, 0.5) is 0 Å². The van der Waals surface area contributed by atoms with Gasteiger partial charge in [0.05, 0.1) is 0 Å². The number of carboxylic acids is 1. The molecule has 0 aliphatic heterocycles. The molecule has 4 N–H and O–H groups in total. The SMILES string of the molecule is CC(NC(C(=O)O)C1CC1)c1ccc(O)cc1O.